The zero-order valence-corrected chi connectivity index (χ0v) is 13.9. The van der Waals surface area contributed by atoms with Crippen molar-refractivity contribution in [2.75, 3.05) is 19.8 Å². The van der Waals surface area contributed by atoms with Crippen LogP contribution in [0.2, 0.25) is 0 Å². The Morgan fingerprint density at radius 2 is 2.05 bits per heavy atom. The average molecular weight is 307 g/mol. The first-order valence-electron chi connectivity index (χ1n) is 7.65. The van der Waals surface area contributed by atoms with Crippen molar-refractivity contribution in [3.05, 3.63) is 0 Å². The molecule has 0 aromatic carbocycles. The van der Waals surface area contributed by atoms with Crippen molar-refractivity contribution in [1.29, 1.82) is 0 Å². The van der Waals surface area contributed by atoms with Gasteiger partial charge in [0.1, 0.15) is 0 Å². The lowest BCUT2D eigenvalue weighted by molar-refractivity contribution is -0.124. The molecule has 20 heavy (non-hydrogen) atoms. The van der Waals surface area contributed by atoms with Gasteiger partial charge in [-0.15, -0.1) is 12.4 Å². The molecule has 1 amide bonds. The molecular formula is C15H31ClN2O2. The van der Waals surface area contributed by atoms with Crippen LogP contribution in [-0.2, 0) is 9.53 Å². The lowest BCUT2D eigenvalue weighted by Gasteiger charge is -2.42. The molecule has 0 aliphatic heterocycles. The molecular weight excluding hydrogens is 276 g/mol. The number of hydrogen-bond acceptors (Lipinski definition) is 3. The Morgan fingerprint density at radius 3 is 2.50 bits per heavy atom. The van der Waals surface area contributed by atoms with Crippen LogP contribution in [0.4, 0.5) is 0 Å². The van der Waals surface area contributed by atoms with Crippen molar-refractivity contribution in [1.82, 2.24) is 5.32 Å². The van der Waals surface area contributed by atoms with E-state index in [4.69, 9.17) is 10.5 Å². The predicted octanol–water partition coefficient (Wildman–Crippen LogP) is 2.49. The molecule has 0 heterocycles. The topological polar surface area (TPSA) is 64.3 Å². The summed E-state index contributed by atoms with van der Waals surface area (Å²) in [6, 6.07) is -0.381. The lowest BCUT2D eigenvalue weighted by Crippen LogP contribution is -2.49. The Morgan fingerprint density at radius 1 is 1.40 bits per heavy atom. The van der Waals surface area contributed by atoms with E-state index in [-0.39, 0.29) is 35.7 Å². The van der Waals surface area contributed by atoms with E-state index in [9.17, 15) is 4.79 Å². The van der Waals surface area contributed by atoms with Gasteiger partial charge in [-0.3, -0.25) is 4.79 Å². The molecule has 0 saturated heterocycles. The number of halogens is 1. The molecule has 2 unspecified atom stereocenters. The number of nitrogens with one attached hydrogen (secondary N) is 1. The SMILES string of the molecule is CCOCCC1(CNC(=O)C(N)C(C)CC)CCC1.Cl. The van der Waals surface area contributed by atoms with E-state index in [2.05, 4.69) is 12.2 Å². The van der Waals surface area contributed by atoms with Crippen LogP contribution < -0.4 is 11.1 Å². The van der Waals surface area contributed by atoms with Crippen molar-refractivity contribution >= 4 is 18.3 Å². The van der Waals surface area contributed by atoms with Gasteiger partial charge in [0, 0.05) is 19.8 Å². The summed E-state index contributed by atoms with van der Waals surface area (Å²) in [5.74, 6) is 0.234. The molecule has 3 N–H and O–H groups in total. The summed E-state index contributed by atoms with van der Waals surface area (Å²) in [6.07, 6.45) is 5.63. The van der Waals surface area contributed by atoms with Gasteiger partial charge in [-0.25, -0.2) is 0 Å². The summed E-state index contributed by atoms with van der Waals surface area (Å²) in [5.41, 5.74) is 6.21. The Kier molecular flexibility index (Phi) is 9.43. The van der Waals surface area contributed by atoms with Gasteiger partial charge in [-0.05, 0) is 37.5 Å². The van der Waals surface area contributed by atoms with Gasteiger partial charge < -0.3 is 15.8 Å². The molecule has 1 aliphatic carbocycles. The number of hydrogen-bond donors (Lipinski definition) is 2. The fraction of sp³-hybridized carbons (Fsp3) is 0.933. The second-order valence-electron chi connectivity index (χ2n) is 5.93. The molecule has 1 rings (SSSR count). The van der Waals surface area contributed by atoms with Crippen molar-refractivity contribution in [3.63, 3.8) is 0 Å². The summed E-state index contributed by atoms with van der Waals surface area (Å²) in [5, 5.41) is 3.05. The zero-order valence-electron chi connectivity index (χ0n) is 13.1. The zero-order chi connectivity index (χ0) is 14.3. The monoisotopic (exact) mass is 306 g/mol. The largest absolute Gasteiger partial charge is 0.382 e. The van der Waals surface area contributed by atoms with Crippen LogP contribution in [0.1, 0.15) is 52.9 Å². The predicted molar refractivity (Wildman–Crippen MR) is 85.1 cm³/mol. The van der Waals surface area contributed by atoms with Gasteiger partial charge in [-0.2, -0.15) is 0 Å². The van der Waals surface area contributed by atoms with E-state index in [1.807, 2.05) is 13.8 Å². The van der Waals surface area contributed by atoms with Crippen LogP contribution in [-0.4, -0.2) is 31.7 Å². The average Bonchev–Trinajstić information content (AvgIpc) is 2.38. The maximum atomic E-state index is 12.0. The number of carbonyl (C=O) groups is 1. The van der Waals surface area contributed by atoms with E-state index >= 15 is 0 Å². The van der Waals surface area contributed by atoms with E-state index in [0.717, 1.165) is 32.6 Å². The Labute approximate surface area is 129 Å². The van der Waals surface area contributed by atoms with Gasteiger partial charge in [0.05, 0.1) is 6.04 Å². The van der Waals surface area contributed by atoms with Crippen LogP contribution in [0.25, 0.3) is 0 Å². The highest BCUT2D eigenvalue weighted by Crippen LogP contribution is 2.43. The third kappa shape index (κ3) is 5.58. The van der Waals surface area contributed by atoms with Crippen molar-refractivity contribution in [3.8, 4) is 0 Å². The van der Waals surface area contributed by atoms with Crippen LogP contribution in [0, 0.1) is 11.3 Å². The standard InChI is InChI=1S/C15H30N2O2.ClH/c1-4-12(3)13(16)14(18)17-11-15(7-6-8-15)9-10-19-5-2;/h12-13H,4-11,16H2,1-3H3,(H,17,18);1H. The van der Waals surface area contributed by atoms with E-state index in [1.165, 1.54) is 19.3 Å². The third-order valence-electron chi connectivity index (χ3n) is 4.59. The number of rotatable bonds is 9. The summed E-state index contributed by atoms with van der Waals surface area (Å²) in [6.45, 7) is 8.42. The maximum absolute atomic E-state index is 12.0. The Balaban J connectivity index is 0.00000361. The quantitative estimate of drug-likeness (QED) is 0.643. The minimum absolute atomic E-state index is 0. The minimum Gasteiger partial charge on any atom is -0.382 e. The van der Waals surface area contributed by atoms with Crippen molar-refractivity contribution in [2.24, 2.45) is 17.1 Å². The molecule has 1 fully saturated rings. The second-order valence-corrected chi connectivity index (χ2v) is 5.93. The van der Waals surface area contributed by atoms with Crippen LogP contribution in [0.3, 0.4) is 0 Å². The molecule has 0 radical (unpaired) electrons. The highest BCUT2D eigenvalue weighted by atomic mass is 35.5. The summed E-state index contributed by atoms with van der Waals surface area (Å²) in [7, 11) is 0. The normalized spacial score (nSPS) is 19.4. The smallest absolute Gasteiger partial charge is 0.237 e. The molecule has 0 spiro atoms. The van der Waals surface area contributed by atoms with Crippen LogP contribution in [0.5, 0.6) is 0 Å². The fourth-order valence-corrected chi connectivity index (χ4v) is 2.53. The first-order valence-corrected chi connectivity index (χ1v) is 7.65. The fourth-order valence-electron chi connectivity index (χ4n) is 2.53. The highest BCUT2D eigenvalue weighted by molar-refractivity contribution is 5.85. The molecule has 1 aliphatic rings. The molecule has 0 aromatic rings. The minimum atomic E-state index is -0.381. The number of carbonyl (C=O) groups excluding carboxylic acids is 1. The van der Waals surface area contributed by atoms with Crippen molar-refractivity contribution in [2.45, 2.75) is 58.9 Å². The lowest BCUT2D eigenvalue weighted by atomic mass is 9.66. The first-order chi connectivity index (χ1) is 9.04. The molecule has 120 valence electrons. The first kappa shape index (κ1) is 19.7. The van der Waals surface area contributed by atoms with Gasteiger partial charge in [0.15, 0.2) is 0 Å². The number of ether oxygens (including phenoxy) is 1. The van der Waals surface area contributed by atoms with Gasteiger partial charge >= 0.3 is 0 Å². The van der Waals surface area contributed by atoms with E-state index in [1.54, 1.807) is 0 Å². The molecule has 4 nitrogen and oxygen atoms in total. The van der Waals surface area contributed by atoms with E-state index < -0.39 is 0 Å². The van der Waals surface area contributed by atoms with Gasteiger partial charge in [0.2, 0.25) is 5.91 Å². The van der Waals surface area contributed by atoms with Gasteiger partial charge in [-0.1, -0.05) is 26.7 Å². The summed E-state index contributed by atoms with van der Waals surface area (Å²) >= 11 is 0. The van der Waals surface area contributed by atoms with E-state index in [0.29, 0.717) is 0 Å². The summed E-state index contributed by atoms with van der Waals surface area (Å²) in [4.78, 5) is 12.0. The van der Waals surface area contributed by atoms with Gasteiger partial charge in [0.25, 0.3) is 0 Å². The molecule has 5 heteroatoms. The Hall–Kier alpha value is -0.320. The summed E-state index contributed by atoms with van der Waals surface area (Å²) < 4.78 is 5.44. The molecule has 1 saturated carbocycles. The maximum Gasteiger partial charge on any atom is 0.237 e. The van der Waals surface area contributed by atoms with Crippen LogP contribution >= 0.6 is 12.4 Å². The highest BCUT2D eigenvalue weighted by Gasteiger charge is 2.37. The van der Waals surface area contributed by atoms with Crippen molar-refractivity contribution < 1.29 is 9.53 Å². The second kappa shape index (κ2) is 9.59. The molecule has 0 bridgehead atoms. The molecule has 0 aromatic heterocycles. The van der Waals surface area contributed by atoms with Crippen LogP contribution in [0.15, 0.2) is 0 Å². The number of nitrogens with two attached hydrogens (primary N) is 1. The third-order valence-corrected chi connectivity index (χ3v) is 4.59. The molecule has 2 atom stereocenters. The number of amides is 1. The Bertz CT molecular complexity index is 283.